The molecule has 98 valence electrons. The highest BCUT2D eigenvalue weighted by Gasteiger charge is 2.21. The number of carboxylic acids is 1. The number of nitrogens with zero attached hydrogens (tertiary/aromatic N) is 1. The molecule has 1 heterocycles. The van der Waals surface area contributed by atoms with Crippen LogP contribution in [0.15, 0.2) is 35.7 Å². The molecule has 0 atom stereocenters. The topological polar surface area (TPSA) is 66.8 Å². The Hall–Kier alpha value is -2.04. The summed E-state index contributed by atoms with van der Waals surface area (Å²) in [4.78, 5) is 24.0. The lowest BCUT2D eigenvalue weighted by atomic mass is 10.2. The quantitative estimate of drug-likeness (QED) is 0.778. The highest BCUT2D eigenvalue weighted by molar-refractivity contribution is 5.90. The van der Waals surface area contributed by atoms with Gasteiger partial charge in [-0.1, -0.05) is 6.08 Å². The number of aliphatic carboxylic acids is 1. The maximum Gasteiger partial charge on any atom is 0.418 e. The predicted octanol–water partition coefficient (Wildman–Crippen LogP) is 2.67. The van der Waals surface area contributed by atoms with E-state index >= 15 is 0 Å². The Morgan fingerprint density at radius 3 is 2.33 bits per heavy atom. The summed E-state index contributed by atoms with van der Waals surface area (Å²) in [5.74, 6) is -1.09. The van der Waals surface area contributed by atoms with Crippen molar-refractivity contribution >= 4 is 12.1 Å². The van der Waals surface area contributed by atoms with Crippen molar-refractivity contribution in [2.75, 3.05) is 0 Å². The fourth-order valence-electron chi connectivity index (χ4n) is 1.26. The number of amides is 1. The average Bonchev–Trinajstić information content (AvgIpc) is 2.37. The number of ether oxygens (including phenoxy) is 1. The molecule has 1 rings (SSSR count). The summed E-state index contributed by atoms with van der Waals surface area (Å²) in [5.41, 5.74) is 0.151. The van der Waals surface area contributed by atoms with E-state index in [4.69, 9.17) is 9.84 Å². The molecule has 1 amide bonds. The molecule has 0 fully saturated rings. The molecule has 1 aliphatic heterocycles. The predicted molar refractivity (Wildman–Crippen MR) is 66.7 cm³/mol. The first-order chi connectivity index (χ1) is 8.19. The Labute approximate surface area is 106 Å². The van der Waals surface area contributed by atoms with E-state index in [2.05, 4.69) is 0 Å². The second-order valence-electron chi connectivity index (χ2n) is 4.98. The van der Waals surface area contributed by atoms with E-state index < -0.39 is 17.7 Å². The van der Waals surface area contributed by atoms with Crippen molar-refractivity contribution in [3.8, 4) is 0 Å². The van der Waals surface area contributed by atoms with Gasteiger partial charge in [-0.05, 0) is 39.3 Å². The van der Waals surface area contributed by atoms with Gasteiger partial charge in [0, 0.05) is 12.4 Å². The monoisotopic (exact) mass is 251 g/mol. The third-order valence-electron chi connectivity index (χ3n) is 2.00. The Morgan fingerprint density at radius 1 is 1.22 bits per heavy atom. The summed E-state index contributed by atoms with van der Waals surface area (Å²) in [5, 5.41) is 8.96. The number of carboxylic acid groups (broad SMARTS) is 1. The van der Waals surface area contributed by atoms with Gasteiger partial charge in [-0.3, -0.25) is 4.90 Å². The Kier molecular flexibility index (Phi) is 3.96. The van der Waals surface area contributed by atoms with Crippen molar-refractivity contribution in [1.29, 1.82) is 0 Å². The van der Waals surface area contributed by atoms with Gasteiger partial charge in [0.1, 0.15) is 5.60 Å². The molecule has 1 aliphatic rings. The first-order valence-electron chi connectivity index (χ1n) is 5.52. The van der Waals surface area contributed by atoms with Gasteiger partial charge in [0.15, 0.2) is 0 Å². The minimum atomic E-state index is -1.09. The zero-order valence-corrected chi connectivity index (χ0v) is 10.9. The summed E-state index contributed by atoms with van der Waals surface area (Å²) in [6, 6.07) is 0. The van der Waals surface area contributed by atoms with E-state index in [1.165, 1.54) is 18.5 Å². The Balaban J connectivity index is 2.99. The summed E-state index contributed by atoms with van der Waals surface area (Å²) < 4.78 is 5.19. The van der Waals surface area contributed by atoms with Gasteiger partial charge in [-0.15, -0.1) is 0 Å². The fraction of sp³-hybridized carbons (Fsp3) is 0.385. The second kappa shape index (κ2) is 5.08. The van der Waals surface area contributed by atoms with Gasteiger partial charge in [0.25, 0.3) is 0 Å². The zero-order chi connectivity index (χ0) is 13.9. The fourth-order valence-corrected chi connectivity index (χ4v) is 1.26. The van der Waals surface area contributed by atoms with Gasteiger partial charge in [0.2, 0.25) is 0 Å². The Morgan fingerprint density at radius 2 is 1.83 bits per heavy atom. The van der Waals surface area contributed by atoms with Gasteiger partial charge in [0.05, 0.1) is 5.57 Å². The molecule has 5 heteroatoms. The first-order valence-corrected chi connectivity index (χ1v) is 5.52. The van der Waals surface area contributed by atoms with Crippen molar-refractivity contribution < 1.29 is 19.4 Å². The SMILES string of the molecule is CC1=CN(C(=O)OC(C)(C)C)C=C(C(=O)O)C=C1. The molecular weight excluding hydrogens is 234 g/mol. The number of hydrogen-bond acceptors (Lipinski definition) is 3. The molecule has 5 nitrogen and oxygen atoms in total. The van der Waals surface area contributed by atoms with E-state index in [1.54, 1.807) is 33.8 Å². The van der Waals surface area contributed by atoms with Crippen LogP contribution in [0.1, 0.15) is 27.7 Å². The van der Waals surface area contributed by atoms with Crippen molar-refractivity contribution in [1.82, 2.24) is 4.90 Å². The van der Waals surface area contributed by atoms with Crippen LogP contribution in [0.4, 0.5) is 4.79 Å². The molecule has 0 aromatic rings. The molecule has 0 aliphatic carbocycles. The summed E-state index contributed by atoms with van der Waals surface area (Å²) in [7, 11) is 0. The standard InChI is InChI=1S/C13H17NO4/c1-9-5-6-10(11(15)16)8-14(7-9)12(17)18-13(2,3)4/h5-8H,1-4H3,(H,15,16). The first kappa shape index (κ1) is 14.0. The summed E-state index contributed by atoms with van der Waals surface area (Å²) in [6.07, 6.45) is 5.23. The van der Waals surface area contributed by atoms with Crippen LogP contribution in [-0.4, -0.2) is 27.7 Å². The third kappa shape index (κ3) is 4.08. The van der Waals surface area contributed by atoms with Crippen molar-refractivity contribution in [3.63, 3.8) is 0 Å². The highest BCUT2D eigenvalue weighted by atomic mass is 16.6. The van der Waals surface area contributed by atoms with Gasteiger partial charge in [-0.25, -0.2) is 9.59 Å². The molecule has 0 saturated carbocycles. The van der Waals surface area contributed by atoms with E-state index in [9.17, 15) is 9.59 Å². The second-order valence-corrected chi connectivity index (χ2v) is 4.98. The maximum absolute atomic E-state index is 11.9. The number of carbonyl (C=O) groups excluding carboxylic acids is 1. The minimum absolute atomic E-state index is 0.0222. The van der Waals surface area contributed by atoms with E-state index in [1.807, 2.05) is 0 Å². The molecule has 18 heavy (non-hydrogen) atoms. The minimum Gasteiger partial charge on any atom is -0.478 e. The van der Waals surface area contributed by atoms with E-state index in [0.29, 0.717) is 0 Å². The van der Waals surface area contributed by atoms with Gasteiger partial charge >= 0.3 is 12.1 Å². The molecule has 0 bridgehead atoms. The molecule has 0 aromatic heterocycles. The molecule has 0 radical (unpaired) electrons. The average molecular weight is 251 g/mol. The number of hydrogen-bond donors (Lipinski definition) is 1. The third-order valence-corrected chi connectivity index (χ3v) is 2.00. The summed E-state index contributed by atoms with van der Waals surface area (Å²) in [6.45, 7) is 7.02. The number of allylic oxidation sites excluding steroid dienone is 2. The number of carbonyl (C=O) groups is 2. The van der Waals surface area contributed by atoms with Crippen molar-refractivity contribution in [2.24, 2.45) is 0 Å². The Bertz CT molecular complexity index is 452. The van der Waals surface area contributed by atoms with E-state index in [0.717, 1.165) is 10.5 Å². The van der Waals surface area contributed by atoms with Crippen LogP contribution in [0.25, 0.3) is 0 Å². The molecular formula is C13H17NO4. The molecule has 0 unspecified atom stereocenters. The van der Waals surface area contributed by atoms with Crippen LogP contribution in [0.5, 0.6) is 0 Å². The lowest BCUT2D eigenvalue weighted by molar-refractivity contribution is -0.132. The van der Waals surface area contributed by atoms with Crippen LogP contribution in [0.3, 0.4) is 0 Å². The van der Waals surface area contributed by atoms with Crippen molar-refractivity contribution in [2.45, 2.75) is 33.3 Å². The molecule has 0 saturated heterocycles. The number of rotatable bonds is 1. The highest BCUT2D eigenvalue weighted by Crippen LogP contribution is 2.16. The van der Waals surface area contributed by atoms with Crippen LogP contribution in [0.2, 0.25) is 0 Å². The molecule has 0 spiro atoms. The largest absolute Gasteiger partial charge is 0.478 e. The van der Waals surface area contributed by atoms with Crippen molar-refractivity contribution in [3.05, 3.63) is 35.7 Å². The lowest BCUT2D eigenvalue weighted by Gasteiger charge is -2.23. The summed E-state index contributed by atoms with van der Waals surface area (Å²) >= 11 is 0. The maximum atomic E-state index is 11.9. The van der Waals surface area contributed by atoms with Crippen LogP contribution >= 0.6 is 0 Å². The van der Waals surface area contributed by atoms with Crippen LogP contribution in [-0.2, 0) is 9.53 Å². The van der Waals surface area contributed by atoms with Crippen LogP contribution < -0.4 is 0 Å². The molecule has 0 aromatic carbocycles. The van der Waals surface area contributed by atoms with Gasteiger partial charge in [-0.2, -0.15) is 0 Å². The van der Waals surface area contributed by atoms with Gasteiger partial charge < -0.3 is 9.84 Å². The lowest BCUT2D eigenvalue weighted by Crippen LogP contribution is -2.31. The smallest absolute Gasteiger partial charge is 0.418 e. The van der Waals surface area contributed by atoms with Crippen LogP contribution in [0, 0.1) is 0 Å². The normalized spacial score (nSPS) is 15.7. The zero-order valence-electron chi connectivity index (χ0n) is 10.9. The van der Waals surface area contributed by atoms with E-state index in [-0.39, 0.29) is 5.57 Å². The molecule has 1 N–H and O–H groups in total.